The third-order valence-electron chi connectivity index (χ3n) is 7.41. The Labute approximate surface area is 216 Å². The van der Waals surface area contributed by atoms with Crippen LogP contribution in [0.15, 0.2) is 121 Å². The molecule has 4 heteroatoms. The number of halogens is 1. The van der Waals surface area contributed by atoms with E-state index < -0.39 is 27.9 Å². The molecule has 0 radical (unpaired) electrons. The van der Waals surface area contributed by atoms with Crippen LogP contribution in [0.4, 0.5) is 4.79 Å². The maximum atomic E-state index is 15.1. The molecule has 0 saturated carbocycles. The van der Waals surface area contributed by atoms with Gasteiger partial charge in [0.15, 0.2) is 0 Å². The molecule has 0 amide bonds. The normalized spacial score (nSPS) is 19.4. The molecule has 0 aromatic heterocycles. The SMILES string of the molecule is O=[C]([SiH](c1ccccc1)c1ccccc1)[Zr]([Cl])([CH]1C=Cc2ccccc21)[CH]1C=Cc2ccccc21. The molecule has 170 valence electrons. The van der Waals surface area contributed by atoms with Gasteiger partial charge in [-0.25, -0.2) is 0 Å². The van der Waals surface area contributed by atoms with E-state index in [9.17, 15) is 0 Å². The summed E-state index contributed by atoms with van der Waals surface area (Å²) < 4.78 is 0.367. The first-order valence-corrected chi connectivity index (χ1v) is 21.0. The summed E-state index contributed by atoms with van der Waals surface area (Å²) >= 11 is -4.25. The quantitative estimate of drug-likeness (QED) is 0.241. The minimum atomic E-state index is -4.25. The fraction of sp³-hybridized carbons (Fsp3) is 0.0645. The molecular weight excluding hydrogens is 543 g/mol. The molecule has 35 heavy (non-hydrogen) atoms. The number of allylic oxidation sites excluding steroid dienone is 2. The first-order chi connectivity index (χ1) is 17.2. The van der Waals surface area contributed by atoms with Crippen LogP contribution < -0.4 is 10.4 Å². The number of hydrogen-bond donors (Lipinski definition) is 0. The molecule has 2 atom stereocenters. The van der Waals surface area contributed by atoms with Crippen LogP contribution in [0.3, 0.4) is 0 Å². The van der Waals surface area contributed by atoms with E-state index in [1.54, 1.807) is 0 Å². The molecular formula is C31H25ClOSiZr. The van der Waals surface area contributed by atoms with E-state index in [0.29, 0.717) is 3.11 Å². The summed E-state index contributed by atoms with van der Waals surface area (Å²) in [5.41, 5.74) is 4.83. The fourth-order valence-corrected chi connectivity index (χ4v) is 28.2. The predicted octanol–water partition coefficient (Wildman–Crippen LogP) is 6.57. The average Bonchev–Trinajstić information content (AvgIpc) is 3.55. The summed E-state index contributed by atoms with van der Waals surface area (Å²) in [6.07, 6.45) is 8.82. The van der Waals surface area contributed by atoms with Crippen LogP contribution in [0, 0.1) is 0 Å². The van der Waals surface area contributed by atoms with Crippen LogP contribution in [0.25, 0.3) is 12.2 Å². The molecule has 1 nitrogen and oxygen atoms in total. The van der Waals surface area contributed by atoms with Gasteiger partial charge in [-0.2, -0.15) is 0 Å². The minimum absolute atomic E-state index is 0.00195. The van der Waals surface area contributed by atoms with E-state index in [4.69, 9.17) is 8.51 Å². The Morgan fingerprint density at radius 3 is 1.46 bits per heavy atom. The third-order valence-corrected chi connectivity index (χ3v) is 28.7. The molecule has 0 N–H and O–H groups in total. The second-order valence-corrected chi connectivity index (χ2v) is 25.2. The Morgan fingerprint density at radius 2 is 1.00 bits per heavy atom. The second kappa shape index (κ2) is 9.47. The predicted molar refractivity (Wildman–Crippen MR) is 147 cm³/mol. The Bertz CT molecular complexity index is 1350. The molecule has 2 aliphatic rings. The molecule has 0 fully saturated rings. The molecule has 0 aliphatic heterocycles. The van der Waals surface area contributed by atoms with Gasteiger partial charge in [0.25, 0.3) is 0 Å². The number of hydrogen-bond acceptors (Lipinski definition) is 1. The van der Waals surface area contributed by atoms with Crippen LogP contribution in [-0.4, -0.2) is 11.9 Å². The van der Waals surface area contributed by atoms with Gasteiger partial charge in [0.05, 0.1) is 0 Å². The van der Waals surface area contributed by atoms with E-state index in [1.165, 1.54) is 22.3 Å². The zero-order chi connectivity index (χ0) is 23.8. The summed E-state index contributed by atoms with van der Waals surface area (Å²) in [6.45, 7) is 0. The summed E-state index contributed by atoms with van der Waals surface area (Å²) in [7, 11) is 5.79. The molecule has 6 rings (SSSR count). The van der Waals surface area contributed by atoms with E-state index in [-0.39, 0.29) is 7.25 Å². The number of carbonyl (C=O) groups excluding carboxylic acids is 1. The van der Waals surface area contributed by atoms with Crippen molar-refractivity contribution >= 4 is 42.9 Å². The molecule has 0 spiro atoms. The van der Waals surface area contributed by atoms with Crippen molar-refractivity contribution in [1.82, 2.24) is 0 Å². The zero-order valence-electron chi connectivity index (χ0n) is 19.2. The molecule has 2 unspecified atom stereocenters. The van der Waals surface area contributed by atoms with Gasteiger partial charge in [-0.15, -0.1) is 0 Å². The topological polar surface area (TPSA) is 17.1 Å². The van der Waals surface area contributed by atoms with Crippen molar-refractivity contribution < 1.29 is 23.9 Å². The second-order valence-electron chi connectivity index (χ2n) is 9.32. The van der Waals surface area contributed by atoms with Gasteiger partial charge in [-0.1, -0.05) is 0 Å². The van der Waals surface area contributed by atoms with E-state index in [2.05, 4.69) is 97.1 Å². The van der Waals surface area contributed by atoms with Gasteiger partial charge in [0.1, 0.15) is 0 Å². The molecule has 2 aliphatic carbocycles. The first-order valence-electron chi connectivity index (χ1n) is 12.1. The summed E-state index contributed by atoms with van der Waals surface area (Å²) in [5.74, 6) is 0. The number of rotatable bonds is 6. The van der Waals surface area contributed by atoms with Crippen molar-refractivity contribution in [1.29, 1.82) is 0 Å². The number of fused-ring (bicyclic) bond motifs is 2. The Morgan fingerprint density at radius 1 is 0.600 bits per heavy atom. The number of benzene rings is 4. The van der Waals surface area contributed by atoms with Crippen LogP contribution in [0.2, 0.25) is 0 Å². The monoisotopic (exact) mass is 566 g/mol. The van der Waals surface area contributed by atoms with Gasteiger partial charge in [0.2, 0.25) is 0 Å². The first kappa shape index (κ1) is 22.9. The van der Waals surface area contributed by atoms with Crippen molar-refractivity contribution in [2.24, 2.45) is 0 Å². The van der Waals surface area contributed by atoms with Crippen LogP contribution in [0.1, 0.15) is 29.5 Å². The van der Waals surface area contributed by atoms with E-state index in [1.807, 2.05) is 36.4 Å². The molecule has 0 bridgehead atoms. The Kier molecular flexibility index (Phi) is 6.18. The maximum absolute atomic E-state index is 15.1. The zero-order valence-corrected chi connectivity index (χ0v) is 23.6. The van der Waals surface area contributed by atoms with E-state index in [0.717, 1.165) is 10.4 Å². The van der Waals surface area contributed by atoms with Gasteiger partial charge in [0, 0.05) is 0 Å². The Hall–Kier alpha value is -2.58. The Balaban J connectivity index is 1.56. The molecule has 0 heterocycles. The van der Waals surface area contributed by atoms with E-state index >= 15 is 4.79 Å². The van der Waals surface area contributed by atoms with Crippen LogP contribution in [0.5, 0.6) is 0 Å². The third kappa shape index (κ3) is 3.91. The molecule has 4 aromatic rings. The van der Waals surface area contributed by atoms with Crippen molar-refractivity contribution in [3.8, 4) is 0 Å². The van der Waals surface area contributed by atoms with Gasteiger partial charge in [-0.3, -0.25) is 0 Å². The number of carbonyl (C=O) groups is 1. The van der Waals surface area contributed by atoms with Crippen molar-refractivity contribution in [2.75, 3.05) is 0 Å². The summed E-state index contributed by atoms with van der Waals surface area (Å²) in [6, 6.07) is 37.7. The fourth-order valence-electron chi connectivity index (χ4n) is 5.74. The van der Waals surface area contributed by atoms with Crippen LogP contribution in [-0.2, 0) is 19.1 Å². The van der Waals surface area contributed by atoms with Crippen molar-refractivity contribution in [3.63, 3.8) is 0 Å². The standard InChI is InChI=1S/C13H11OSi.2C9H7.ClH.Zr/c14-11-15(12-7-3-1-4-8-12)13-9-5-2-6-10-13;2*1-2-5-9-7-3-6-8(9)4-1;;/h1-10,15H;2*1-7H;1H;/q;;;;+1/p-1. The van der Waals surface area contributed by atoms with Crippen molar-refractivity contribution in [2.45, 2.75) is 7.25 Å². The van der Waals surface area contributed by atoms with Gasteiger partial charge in [-0.05, 0) is 0 Å². The summed E-state index contributed by atoms with van der Waals surface area (Å²) in [4.78, 5) is 15.1. The van der Waals surface area contributed by atoms with Crippen molar-refractivity contribution in [3.05, 3.63) is 144 Å². The average molecular weight is 568 g/mol. The molecule has 4 aromatic carbocycles. The van der Waals surface area contributed by atoms with Gasteiger partial charge < -0.3 is 0 Å². The van der Waals surface area contributed by atoms with Crippen LogP contribution >= 0.6 is 8.51 Å². The van der Waals surface area contributed by atoms with Gasteiger partial charge >= 0.3 is 218 Å². The molecule has 0 saturated heterocycles. The summed E-state index contributed by atoms with van der Waals surface area (Å²) in [5, 5.41) is 2.30.